The third-order valence-electron chi connectivity index (χ3n) is 13.5. The average Bonchev–Trinajstić information content (AvgIpc) is 4.01. The Kier molecular flexibility index (Phi) is 15.0. The molecule has 358 valence electrons. The molecule has 72 heavy (non-hydrogen) atoms. The van der Waals surface area contributed by atoms with Gasteiger partial charge in [0.2, 0.25) is 0 Å². The molecule has 0 saturated heterocycles. The fraction of sp³-hybridized carbons (Fsp3) is 0.147. The van der Waals surface area contributed by atoms with Gasteiger partial charge in [-0.2, -0.15) is 0 Å². The number of nitrogens with zero attached hydrogens (tertiary/aromatic N) is 2. The minimum Gasteiger partial charge on any atom is -0.311 e. The van der Waals surface area contributed by atoms with Crippen molar-refractivity contribution >= 4 is 93.3 Å². The smallest absolute Gasteiger partial charge is 0.0465 e. The van der Waals surface area contributed by atoms with E-state index in [0.717, 1.165) is 28.4 Å². The number of anilines is 6. The third-order valence-corrected chi connectivity index (χ3v) is 15.8. The van der Waals surface area contributed by atoms with Crippen LogP contribution in [0.4, 0.5) is 34.1 Å². The predicted molar refractivity (Wildman–Crippen MR) is 319 cm³/mol. The number of rotatable bonds is 12. The second-order valence-corrected chi connectivity index (χ2v) is 21.6. The molecule has 0 N–H and O–H groups in total. The van der Waals surface area contributed by atoms with E-state index in [9.17, 15) is 0 Å². The van der Waals surface area contributed by atoms with Crippen molar-refractivity contribution in [3.8, 4) is 11.1 Å². The summed E-state index contributed by atoms with van der Waals surface area (Å²) >= 11 is 3.66. The maximum atomic E-state index is 2.39. The standard InChI is InChI=1S/C38H35NS.C30H29NS/c1-6-9-37-27(3)24-32(40-37)22-16-28-14-19-30(20-15-28)39(29-17-12-26(2)13-18-29)31-21-23-34-33-10-7-8-11-35(33)38(4,5)36(34)25-31;1-5-6-30-24(4)21-29(32-30)20-13-25-11-18-28(19-12-25)31(26-14-7-22(2)8-15-26)27-16-9-23(3)10-17-27/h6-25H,1-5H3;5-21H,1-4H3. The third kappa shape index (κ3) is 11.0. The van der Waals surface area contributed by atoms with Gasteiger partial charge in [0.05, 0.1) is 0 Å². The molecule has 0 bridgehead atoms. The van der Waals surface area contributed by atoms with Crippen molar-refractivity contribution < 1.29 is 0 Å². The number of fused-ring (bicyclic) bond motifs is 3. The van der Waals surface area contributed by atoms with Crippen molar-refractivity contribution in [2.24, 2.45) is 0 Å². The molecular weight excluding hydrogens is 909 g/mol. The topological polar surface area (TPSA) is 6.48 Å². The molecular formula is C68H64N2S2. The van der Waals surface area contributed by atoms with Crippen molar-refractivity contribution in [3.63, 3.8) is 0 Å². The summed E-state index contributed by atoms with van der Waals surface area (Å²) in [6.45, 7) is 19.5. The first-order chi connectivity index (χ1) is 34.9. The van der Waals surface area contributed by atoms with E-state index in [1.807, 2.05) is 22.7 Å². The van der Waals surface area contributed by atoms with Gasteiger partial charge in [0.25, 0.3) is 0 Å². The summed E-state index contributed by atoms with van der Waals surface area (Å²) in [6, 6.07) is 64.2. The molecule has 0 spiro atoms. The lowest BCUT2D eigenvalue weighted by atomic mass is 9.82. The molecule has 0 aliphatic heterocycles. The Morgan fingerprint density at radius 2 is 0.722 bits per heavy atom. The first-order valence-corrected chi connectivity index (χ1v) is 26.6. The molecule has 2 aromatic heterocycles. The highest BCUT2D eigenvalue weighted by atomic mass is 32.1. The Labute approximate surface area is 436 Å². The van der Waals surface area contributed by atoms with Crippen molar-refractivity contribution in [2.45, 2.75) is 67.7 Å². The van der Waals surface area contributed by atoms with Crippen molar-refractivity contribution in [3.05, 3.63) is 258 Å². The highest BCUT2D eigenvalue weighted by Gasteiger charge is 2.35. The van der Waals surface area contributed by atoms with Crippen LogP contribution in [-0.2, 0) is 5.41 Å². The van der Waals surface area contributed by atoms with E-state index in [4.69, 9.17) is 0 Å². The number of benzene rings is 7. The van der Waals surface area contributed by atoms with Gasteiger partial charge in [-0.15, -0.1) is 22.7 Å². The van der Waals surface area contributed by atoms with Gasteiger partial charge in [-0.3, -0.25) is 0 Å². The zero-order chi connectivity index (χ0) is 50.4. The minimum atomic E-state index is -0.0392. The van der Waals surface area contributed by atoms with E-state index in [1.165, 1.54) is 86.4 Å². The van der Waals surface area contributed by atoms with Gasteiger partial charge in [-0.25, -0.2) is 0 Å². The van der Waals surface area contributed by atoms with Crippen LogP contribution in [0.25, 0.3) is 47.6 Å². The fourth-order valence-electron chi connectivity index (χ4n) is 9.47. The number of allylic oxidation sites excluding steroid dienone is 2. The van der Waals surface area contributed by atoms with Crippen LogP contribution < -0.4 is 9.80 Å². The summed E-state index contributed by atoms with van der Waals surface area (Å²) in [4.78, 5) is 9.89. The molecule has 4 heteroatoms. The lowest BCUT2D eigenvalue weighted by Crippen LogP contribution is -2.16. The van der Waals surface area contributed by atoms with E-state index in [-0.39, 0.29) is 5.41 Å². The monoisotopic (exact) mass is 972 g/mol. The number of thiophene rings is 2. The van der Waals surface area contributed by atoms with Gasteiger partial charge in [0.1, 0.15) is 0 Å². The quantitative estimate of drug-likeness (QED) is 0.120. The molecule has 0 atom stereocenters. The Morgan fingerprint density at radius 3 is 1.14 bits per heavy atom. The number of hydrogen-bond acceptors (Lipinski definition) is 4. The number of aryl methyl sites for hydroxylation is 5. The van der Waals surface area contributed by atoms with Crippen LogP contribution in [0.2, 0.25) is 0 Å². The van der Waals surface area contributed by atoms with Crippen LogP contribution in [0.5, 0.6) is 0 Å². The summed E-state index contributed by atoms with van der Waals surface area (Å²) < 4.78 is 0. The van der Waals surface area contributed by atoms with Gasteiger partial charge in [-0.05, 0) is 202 Å². The van der Waals surface area contributed by atoms with E-state index in [2.05, 4.69) is 297 Å². The molecule has 10 rings (SSSR count). The summed E-state index contributed by atoms with van der Waals surface area (Å²) in [5.41, 5.74) is 21.2. The summed E-state index contributed by atoms with van der Waals surface area (Å²) in [6.07, 6.45) is 17.4. The zero-order valence-electron chi connectivity index (χ0n) is 43.1. The average molecular weight is 973 g/mol. The molecule has 9 aromatic rings. The Morgan fingerprint density at radius 1 is 0.361 bits per heavy atom. The summed E-state index contributed by atoms with van der Waals surface area (Å²) in [7, 11) is 0. The predicted octanol–water partition coefficient (Wildman–Crippen LogP) is 20.7. The van der Waals surface area contributed by atoms with Crippen LogP contribution in [0.15, 0.2) is 188 Å². The Balaban J connectivity index is 0.000000182. The maximum absolute atomic E-state index is 2.39. The second-order valence-electron chi connectivity index (χ2n) is 19.3. The molecule has 1 aliphatic rings. The van der Waals surface area contributed by atoms with Gasteiger partial charge < -0.3 is 9.80 Å². The summed E-state index contributed by atoms with van der Waals surface area (Å²) in [5.74, 6) is 0. The highest BCUT2D eigenvalue weighted by molar-refractivity contribution is 7.14. The van der Waals surface area contributed by atoms with Crippen molar-refractivity contribution in [1.82, 2.24) is 0 Å². The molecule has 1 aliphatic carbocycles. The molecule has 2 heterocycles. The van der Waals surface area contributed by atoms with Crippen LogP contribution in [0.3, 0.4) is 0 Å². The van der Waals surface area contributed by atoms with Crippen molar-refractivity contribution in [2.75, 3.05) is 9.80 Å². The molecule has 2 nitrogen and oxygen atoms in total. The summed E-state index contributed by atoms with van der Waals surface area (Å²) in [5, 5.41) is 0. The lowest BCUT2D eigenvalue weighted by Gasteiger charge is -2.28. The zero-order valence-corrected chi connectivity index (χ0v) is 44.7. The van der Waals surface area contributed by atoms with Gasteiger partial charge >= 0.3 is 0 Å². The van der Waals surface area contributed by atoms with Crippen LogP contribution in [0.1, 0.15) is 97.3 Å². The van der Waals surface area contributed by atoms with Gasteiger partial charge in [0.15, 0.2) is 0 Å². The molecule has 0 unspecified atom stereocenters. The molecule has 0 amide bonds. The fourth-order valence-corrected chi connectivity index (χ4v) is 11.6. The highest BCUT2D eigenvalue weighted by Crippen LogP contribution is 2.50. The maximum Gasteiger partial charge on any atom is 0.0465 e. The van der Waals surface area contributed by atoms with E-state index >= 15 is 0 Å². The van der Waals surface area contributed by atoms with E-state index in [0.29, 0.717) is 0 Å². The first kappa shape index (κ1) is 49.5. The lowest BCUT2D eigenvalue weighted by molar-refractivity contribution is 0.660. The van der Waals surface area contributed by atoms with Gasteiger partial charge in [0, 0.05) is 59.0 Å². The molecule has 0 saturated carbocycles. The Bertz CT molecular complexity index is 3370. The van der Waals surface area contributed by atoms with E-state index in [1.54, 1.807) is 0 Å². The molecule has 0 fully saturated rings. The molecule has 0 radical (unpaired) electrons. The minimum absolute atomic E-state index is 0.0392. The normalized spacial score (nSPS) is 12.7. The van der Waals surface area contributed by atoms with E-state index < -0.39 is 0 Å². The van der Waals surface area contributed by atoms with Crippen LogP contribution >= 0.6 is 22.7 Å². The second kappa shape index (κ2) is 21.9. The van der Waals surface area contributed by atoms with Crippen LogP contribution in [0, 0.1) is 34.6 Å². The number of hydrogen-bond donors (Lipinski definition) is 0. The first-order valence-electron chi connectivity index (χ1n) is 25.0. The van der Waals surface area contributed by atoms with Crippen LogP contribution in [-0.4, -0.2) is 0 Å². The Hall–Kier alpha value is -7.50. The van der Waals surface area contributed by atoms with Gasteiger partial charge in [-0.1, -0.05) is 146 Å². The molecule has 7 aromatic carbocycles. The van der Waals surface area contributed by atoms with Crippen molar-refractivity contribution in [1.29, 1.82) is 0 Å². The SMILES string of the molecule is CC=Cc1sc(C=Cc2ccc(N(c3ccc(C)cc3)c3ccc(C)cc3)cc2)cc1C.CC=Cc1sc(C=Cc2ccc(N(c3ccc(C)cc3)c3ccc4c(c3)C(C)(C)c3ccccc3-4)cc2)cc1C. The largest absolute Gasteiger partial charge is 0.311 e.